The van der Waals surface area contributed by atoms with Crippen LogP contribution in [0.25, 0.3) is 0 Å². The molecular weight excluding hydrogens is 723 g/mol. The number of piperazine rings is 1. The lowest BCUT2D eigenvalue weighted by Crippen LogP contribution is -2.51. The fraction of sp³-hybridized carbons (Fsp3) is 0.408. The summed E-state index contributed by atoms with van der Waals surface area (Å²) >= 11 is 0. The van der Waals surface area contributed by atoms with Crippen LogP contribution in [-0.2, 0) is 17.6 Å². The number of aromatic hydroxyl groups is 1. The molecule has 300 valence electrons. The fourth-order valence-corrected chi connectivity index (χ4v) is 10.4. The van der Waals surface area contributed by atoms with E-state index >= 15 is 0 Å². The maximum Gasteiger partial charge on any atom is 0.262 e. The third-order valence-electron chi connectivity index (χ3n) is 13.6. The van der Waals surface area contributed by atoms with Crippen LogP contribution >= 0.6 is 0 Å². The van der Waals surface area contributed by atoms with Crippen LogP contribution in [0.5, 0.6) is 5.75 Å². The number of aryl methyl sites for hydroxylation is 2. The van der Waals surface area contributed by atoms with E-state index in [1.807, 2.05) is 24.3 Å². The van der Waals surface area contributed by atoms with Gasteiger partial charge in [0.1, 0.15) is 11.8 Å². The van der Waals surface area contributed by atoms with E-state index in [2.05, 4.69) is 87.3 Å². The Morgan fingerprint density at radius 1 is 0.707 bits per heavy atom. The molecule has 3 fully saturated rings. The van der Waals surface area contributed by atoms with E-state index in [1.165, 1.54) is 40.7 Å². The van der Waals surface area contributed by atoms with E-state index in [4.69, 9.17) is 0 Å². The van der Waals surface area contributed by atoms with Gasteiger partial charge in [-0.05, 0) is 141 Å². The smallest absolute Gasteiger partial charge is 0.262 e. The van der Waals surface area contributed by atoms with Crippen LogP contribution in [0.1, 0.15) is 98.9 Å². The molecule has 0 radical (unpaired) electrons. The number of hydrogen-bond acceptors (Lipinski definition) is 7. The zero-order chi connectivity index (χ0) is 39.8. The second-order valence-electron chi connectivity index (χ2n) is 17.2. The fourth-order valence-electron chi connectivity index (χ4n) is 10.4. The van der Waals surface area contributed by atoms with Gasteiger partial charge < -0.3 is 20.2 Å². The highest BCUT2D eigenvalue weighted by molar-refractivity contribution is 6.23. The Labute approximate surface area is 342 Å². The van der Waals surface area contributed by atoms with Crippen molar-refractivity contribution in [3.63, 3.8) is 0 Å². The lowest BCUT2D eigenvalue weighted by molar-refractivity contribution is -0.125. The first kappa shape index (κ1) is 38.3. The van der Waals surface area contributed by atoms with Crippen LogP contribution in [0.4, 0.5) is 5.69 Å². The lowest BCUT2D eigenvalue weighted by Gasteiger charge is -2.39. The molecule has 9 rings (SSSR count). The van der Waals surface area contributed by atoms with Gasteiger partial charge in [0.25, 0.3) is 11.8 Å². The van der Waals surface area contributed by atoms with Crippen molar-refractivity contribution in [2.45, 2.75) is 69.2 Å². The number of allylic oxidation sites excluding steroid dienone is 1. The predicted octanol–water partition coefficient (Wildman–Crippen LogP) is 7.11. The van der Waals surface area contributed by atoms with Crippen LogP contribution in [0, 0.1) is 5.92 Å². The molecule has 3 amide bonds. The quantitative estimate of drug-likeness (QED) is 0.166. The zero-order valence-corrected chi connectivity index (χ0v) is 33.5. The van der Waals surface area contributed by atoms with Crippen LogP contribution in [0.3, 0.4) is 0 Å². The number of rotatable bonds is 10. The minimum Gasteiger partial charge on any atom is -0.508 e. The molecule has 5 aliphatic rings. The van der Waals surface area contributed by atoms with Crippen LogP contribution < -0.4 is 10.2 Å². The van der Waals surface area contributed by atoms with Gasteiger partial charge in [0.2, 0.25) is 5.91 Å². The second-order valence-corrected chi connectivity index (χ2v) is 17.2. The molecule has 4 aliphatic heterocycles. The largest absolute Gasteiger partial charge is 0.508 e. The number of fused-ring (bicyclic) bond motifs is 2. The summed E-state index contributed by atoms with van der Waals surface area (Å²) in [5.41, 5.74) is 9.13. The number of piperidine rings is 2. The average molecular weight is 778 g/mol. The number of nitrogens with one attached hydrogen (secondary N) is 1. The van der Waals surface area contributed by atoms with E-state index in [0.29, 0.717) is 47.3 Å². The van der Waals surface area contributed by atoms with E-state index in [1.54, 1.807) is 6.07 Å². The molecule has 0 aromatic heterocycles. The van der Waals surface area contributed by atoms with Gasteiger partial charge in [0.05, 0.1) is 11.1 Å². The Bertz CT molecular complexity index is 2170. The predicted molar refractivity (Wildman–Crippen MR) is 227 cm³/mol. The molecule has 4 aromatic rings. The van der Waals surface area contributed by atoms with Crippen LogP contribution in [-0.4, -0.2) is 95.9 Å². The molecule has 3 saturated heterocycles. The molecule has 2 N–H and O–H groups in total. The van der Waals surface area contributed by atoms with Crippen molar-refractivity contribution in [3.05, 3.63) is 142 Å². The number of phenols is 1. The SMILES string of the molecule is C=C1CCC(N2C(=O)c3ccc(N4CCN(CC5CCN(CCCc6ccc([C@@H]7c8ccc(O)cc8CC[C@@H]7c7ccccc7)cc6)CC5)CC4)cc3C2=O)C(=O)N1. The third-order valence-corrected chi connectivity index (χ3v) is 13.6. The summed E-state index contributed by atoms with van der Waals surface area (Å²) in [5, 5.41) is 12.9. The maximum atomic E-state index is 13.4. The van der Waals surface area contributed by atoms with Crippen molar-refractivity contribution >= 4 is 23.4 Å². The molecule has 58 heavy (non-hydrogen) atoms. The van der Waals surface area contributed by atoms with Crippen LogP contribution in [0.15, 0.2) is 103 Å². The van der Waals surface area contributed by atoms with E-state index in [9.17, 15) is 19.5 Å². The first-order valence-electron chi connectivity index (χ1n) is 21.4. The lowest BCUT2D eigenvalue weighted by atomic mass is 9.69. The number of carbonyl (C=O) groups is 3. The molecule has 0 spiro atoms. The maximum absolute atomic E-state index is 13.4. The molecule has 1 aliphatic carbocycles. The highest BCUT2D eigenvalue weighted by Crippen LogP contribution is 2.47. The molecule has 3 atom stereocenters. The Morgan fingerprint density at radius 2 is 1.47 bits per heavy atom. The van der Waals surface area contributed by atoms with Crippen molar-refractivity contribution in [2.75, 3.05) is 57.3 Å². The summed E-state index contributed by atoms with van der Waals surface area (Å²) in [5.74, 6) is 0.667. The standard InChI is InChI=1S/C49H55N5O4/c1-33-9-20-45(47(56)50-33)54-48(57)43-18-15-39(31-44(43)49(54)58)53-28-26-52(27-29-53)32-35-21-24-51(25-22-35)23-5-6-34-10-12-37(13-11-34)46-41(36-7-3-2-4-8-36)17-14-38-30-40(55)16-19-42(38)46/h2-4,7-8,10-13,15-16,18-19,30-31,35,41,45-46,55H,1,5-6,9,14,17,20-29,32H2,(H,50,56)/t41-,45?,46+/m1/s1. The third kappa shape index (κ3) is 7.82. The van der Waals surface area contributed by atoms with Gasteiger partial charge in [-0.15, -0.1) is 0 Å². The Hall–Kier alpha value is -5.25. The number of likely N-dealkylation sites (tertiary alicyclic amines) is 1. The summed E-state index contributed by atoms with van der Waals surface area (Å²) in [6.07, 6.45) is 7.75. The minimum absolute atomic E-state index is 0.281. The normalized spacial score (nSPS) is 23.2. The van der Waals surface area contributed by atoms with Crippen molar-refractivity contribution < 1.29 is 19.5 Å². The van der Waals surface area contributed by atoms with Gasteiger partial charge in [0.15, 0.2) is 0 Å². The first-order valence-corrected chi connectivity index (χ1v) is 21.4. The summed E-state index contributed by atoms with van der Waals surface area (Å²) < 4.78 is 0. The summed E-state index contributed by atoms with van der Waals surface area (Å²) in [7, 11) is 0. The number of carbonyl (C=O) groups excluding carboxylic acids is 3. The number of imide groups is 1. The minimum atomic E-state index is -0.792. The Balaban J connectivity index is 0.722. The monoisotopic (exact) mass is 777 g/mol. The van der Waals surface area contributed by atoms with Crippen LogP contribution in [0.2, 0.25) is 0 Å². The molecule has 9 heteroatoms. The number of nitrogens with zero attached hydrogens (tertiary/aromatic N) is 4. The molecule has 4 aromatic carbocycles. The second kappa shape index (κ2) is 16.5. The van der Waals surface area contributed by atoms with Crippen molar-refractivity contribution in [3.8, 4) is 5.75 Å². The van der Waals surface area contributed by atoms with Gasteiger partial charge in [0, 0.05) is 50.0 Å². The van der Waals surface area contributed by atoms with Crippen molar-refractivity contribution in [1.82, 2.24) is 20.0 Å². The Morgan fingerprint density at radius 3 is 2.22 bits per heavy atom. The van der Waals surface area contributed by atoms with Crippen molar-refractivity contribution in [2.24, 2.45) is 5.92 Å². The van der Waals surface area contributed by atoms with Gasteiger partial charge in [-0.2, -0.15) is 0 Å². The summed E-state index contributed by atoms with van der Waals surface area (Å²) in [6.45, 7) is 12.1. The molecule has 9 nitrogen and oxygen atoms in total. The molecule has 0 saturated carbocycles. The number of benzene rings is 4. The molecule has 0 bridgehead atoms. The van der Waals surface area contributed by atoms with E-state index in [-0.39, 0.29) is 23.6 Å². The number of amides is 3. The topological polar surface area (TPSA) is 96.4 Å². The summed E-state index contributed by atoms with van der Waals surface area (Å²) in [4.78, 5) is 47.9. The Kier molecular flexibility index (Phi) is 10.9. The first-order chi connectivity index (χ1) is 28.3. The van der Waals surface area contributed by atoms with Gasteiger partial charge >= 0.3 is 0 Å². The highest BCUT2D eigenvalue weighted by Gasteiger charge is 2.44. The van der Waals surface area contributed by atoms with Gasteiger partial charge in [-0.1, -0.05) is 67.2 Å². The number of phenolic OH excluding ortho intramolecular Hbond substituents is 1. The molecular formula is C49H55N5O4. The molecule has 1 unspecified atom stereocenters. The average Bonchev–Trinajstić information content (AvgIpc) is 3.49. The van der Waals surface area contributed by atoms with E-state index < -0.39 is 6.04 Å². The molecule has 4 heterocycles. The van der Waals surface area contributed by atoms with E-state index in [0.717, 1.165) is 88.6 Å². The zero-order valence-electron chi connectivity index (χ0n) is 33.5. The summed E-state index contributed by atoms with van der Waals surface area (Å²) in [6, 6.07) is 31.0. The van der Waals surface area contributed by atoms with Crippen molar-refractivity contribution in [1.29, 1.82) is 0 Å². The van der Waals surface area contributed by atoms with Gasteiger partial charge in [-0.3, -0.25) is 24.2 Å². The number of hydrogen-bond donors (Lipinski definition) is 2. The highest BCUT2D eigenvalue weighted by atomic mass is 16.3. The number of anilines is 1. The van der Waals surface area contributed by atoms with Gasteiger partial charge in [-0.25, -0.2) is 0 Å².